The van der Waals surface area contributed by atoms with Crippen molar-refractivity contribution in [1.29, 1.82) is 0 Å². The molecular formula is C13H14FN3O. The molecule has 2 rings (SSSR count). The maximum Gasteiger partial charge on any atom is 0.130 e. The Morgan fingerprint density at radius 1 is 1.33 bits per heavy atom. The van der Waals surface area contributed by atoms with Gasteiger partial charge in [0.2, 0.25) is 0 Å². The number of halogens is 1. The van der Waals surface area contributed by atoms with E-state index in [2.05, 4.69) is 10.4 Å². The third-order valence-corrected chi connectivity index (χ3v) is 2.51. The summed E-state index contributed by atoms with van der Waals surface area (Å²) in [5.41, 5.74) is 4.88. The fourth-order valence-electron chi connectivity index (χ4n) is 1.53. The highest BCUT2D eigenvalue weighted by molar-refractivity contribution is 5.41. The number of hydrazine groups is 1. The molecule has 0 spiro atoms. The number of rotatable bonds is 4. The van der Waals surface area contributed by atoms with E-state index in [9.17, 15) is 4.39 Å². The van der Waals surface area contributed by atoms with Gasteiger partial charge in [0.05, 0.1) is 11.4 Å². The zero-order valence-corrected chi connectivity index (χ0v) is 9.98. The summed E-state index contributed by atoms with van der Waals surface area (Å²) < 4.78 is 18.6. The molecule has 0 amide bonds. The van der Waals surface area contributed by atoms with Crippen molar-refractivity contribution < 1.29 is 9.13 Å². The largest absolute Gasteiger partial charge is 0.487 e. The average molecular weight is 247 g/mol. The second kappa shape index (κ2) is 5.46. The monoisotopic (exact) mass is 247 g/mol. The van der Waals surface area contributed by atoms with Crippen molar-refractivity contribution in [3.05, 3.63) is 53.6 Å². The number of nitrogens with two attached hydrogens (primary N) is 1. The summed E-state index contributed by atoms with van der Waals surface area (Å²) >= 11 is 0. The molecule has 18 heavy (non-hydrogen) atoms. The van der Waals surface area contributed by atoms with Crippen LogP contribution >= 0.6 is 0 Å². The lowest BCUT2D eigenvalue weighted by molar-refractivity contribution is 0.298. The Bertz CT molecular complexity index is 546. The van der Waals surface area contributed by atoms with Crippen LogP contribution in [0.25, 0.3) is 0 Å². The third-order valence-electron chi connectivity index (χ3n) is 2.51. The molecule has 4 nitrogen and oxygen atoms in total. The first-order valence-electron chi connectivity index (χ1n) is 5.49. The van der Waals surface area contributed by atoms with E-state index in [1.807, 2.05) is 6.92 Å². The highest BCUT2D eigenvalue weighted by atomic mass is 19.1. The Morgan fingerprint density at radius 3 is 2.94 bits per heavy atom. The molecule has 0 saturated carbocycles. The van der Waals surface area contributed by atoms with Crippen molar-refractivity contribution in [1.82, 2.24) is 4.98 Å². The standard InChI is InChI=1S/C13H14FN3O/c1-9-2-3-10(14)6-13(9)18-8-12-7-11(17-15)4-5-16-12/h2-7H,8,15H2,1H3,(H,16,17). The van der Waals surface area contributed by atoms with Crippen LogP contribution in [0.3, 0.4) is 0 Å². The molecule has 0 unspecified atom stereocenters. The van der Waals surface area contributed by atoms with E-state index in [4.69, 9.17) is 10.6 Å². The summed E-state index contributed by atoms with van der Waals surface area (Å²) in [4.78, 5) is 4.14. The van der Waals surface area contributed by atoms with E-state index < -0.39 is 0 Å². The summed E-state index contributed by atoms with van der Waals surface area (Å²) in [7, 11) is 0. The summed E-state index contributed by atoms with van der Waals surface area (Å²) in [5.74, 6) is 5.50. The maximum absolute atomic E-state index is 13.1. The van der Waals surface area contributed by atoms with E-state index in [0.717, 1.165) is 11.3 Å². The lowest BCUT2D eigenvalue weighted by Crippen LogP contribution is -2.08. The molecule has 3 N–H and O–H groups in total. The van der Waals surface area contributed by atoms with Crippen LogP contribution in [0.1, 0.15) is 11.3 Å². The summed E-state index contributed by atoms with van der Waals surface area (Å²) in [6.07, 6.45) is 1.63. The minimum atomic E-state index is -0.319. The van der Waals surface area contributed by atoms with E-state index in [1.54, 1.807) is 24.4 Å². The van der Waals surface area contributed by atoms with Crippen LogP contribution in [0.15, 0.2) is 36.5 Å². The van der Waals surface area contributed by atoms with Gasteiger partial charge in [0.1, 0.15) is 18.2 Å². The van der Waals surface area contributed by atoms with Crippen LogP contribution in [-0.4, -0.2) is 4.98 Å². The number of benzene rings is 1. The van der Waals surface area contributed by atoms with Gasteiger partial charge in [0.25, 0.3) is 0 Å². The van der Waals surface area contributed by atoms with Gasteiger partial charge in [-0.15, -0.1) is 0 Å². The van der Waals surface area contributed by atoms with Gasteiger partial charge in [-0.05, 0) is 30.7 Å². The van der Waals surface area contributed by atoms with E-state index in [1.165, 1.54) is 12.1 Å². The number of aryl methyl sites for hydroxylation is 1. The van der Waals surface area contributed by atoms with Gasteiger partial charge in [-0.2, -0.15) is 0 Å². The zero-order chi connectivity index (χ0) is 13.0. The van der Waals surface area contributed by atoms with Crippen LogP contribution in [0.4, 0.5) is 10.1 Å². The highest BCUT2D eigenvalue weighted by Crippen LogP contribution is 2.20. The molecule has 0 aliphatic carbocycles. The number of anilines is 1. The number of nitrogens with one attached hydrogen (secondary N) is 1. The second-order valence-electron chi connectivity index (χ2n) is 3.88. The van der Waals surface area contributed by atoms with Gasteiger partial charge in [-0.3, -0.25) is 10.8 Å². The SMILES string of the molecule is Cc1ccc(F)cc1OCc1cc(NN)ccn1. The first-order chi connectivity index (χ1) is 8.69. The highest BCUT2D eigenvalue weighted by Gasteiger charge is 2.03. The van der Waals surface area contributed by atoms with Gasteiger partial charge in [0.15, 0.2) is 0 Å². The molecule has 0 bridgehead atoms. The molecule has 5 heteroatoms. The molecule has 0 aliphatic heterocycles. The van der Waals surface area contributed by atoms with Crippen LogP contribution in [0.5, 0.6) is 5.75 Å². The Hall–Kier alpha value is -2.14. The predicted octanol–water partition coefficient (Wildman–Crippen LogP) is 2.39. The van der Waals surface area contributed by atoms with E-state index >= 15 is 0 Å². The zero-order valence-electron chi connectivity index (χ0n) is 9.98. The Morgan fingerprint density at radius 2 is 2.17 bits per heavy atom. The average Bonchev–Trinajstić information content (AvgIpc) is 2.40. The number of nitrogen functional groups attached to an aromatic ring is 1. The van der Waals surface area contributed by atoms with Crippen molar-refractivity contribution in [2.45, 2.75) is 13.5 Å². The molecular weight excluding hydrogens is 233 g/mol. The van der Waals surface area contributed by atoms with Crippen LogP contribution in [0.2, 0.25) is 0 Å². The Balaban J connectivity index is 2.08. The van der Waals surface area contributed by atoms with Crippen molar-refractivity contribution >= 4 is 5.69 Å². The lowest BCUT2D eigenvalue weighted by Gasteiger charge is -2.09. The van der Waals surface area contributed by atoms with E-state index in [0.29, 0.717) is 11.4 Å². The van der Waals surface area contributed by atoms with Gasteiger partial charge in [-0.1, -0.05) is 6.07 Å². The molecule has 1 aromatic heterocycles. The van der Waals surface area contributed by atoms with Crippen LogP contribution in [-0.2, 0) is 6.61 Å². The van der Waals surface area contributed by atoms with Gasteiger partial charge >= 0.3 is 0 Å². The Kier molecular flexibility index (Phi) is 3.74. The van der Waals surface area contributed by atoms with Crippen molar-refractivity contribution in [2.24, 2.45) is 5.84 Å². The van der Waals surface area contributed by atoms with Crippen LogP contribution in [0, 0.1) is 12.7 Å². The first-order valence-corrected chi connectivity index (χ1v) is 5.49. The fourth-order valence-corrected chi connectivity index (χ4v) is 1.53. The number of nitrogens with zero attached hydrogens (tertiary/aromatic N) is 1. The van der Waals surface area contributed by atoms with Crippen molar-refractivity contribution in [2.75, 3.05) is 5.43 Å². The lowest BCUT2D eigenvalue weighted by atomic mass is 10.2. The normalized spacial score (nSPS) is 10.2. The molecule has 0 aliphatic rings. The van der Waals surface area contributed by atoms with E-state index in [-0.39, 0.29) is 12.4 Å². The van der Waals surface area contributed by atoms with Gasteiger partial charge < -0.3 is 10.2 Å². The molecule has 94 valence electrons. The van der Waals surface area contributed by atoms with Gasteiger partial charge in [-0.25, -0.2) is 4.39 Å². The topological polar surface area (TPSA) is 60.2 Å². The third kappa shape index (κ3) is 2.95. The second-order valence-corrected chi connectivity index (χ2v) is 3.88. The summed E-state index contributed by atoms with van der Waals surface area (Å²) in [6.45, 7) is 2.12. The number of aromatic nitrogens is 1. The molecule has 1 aromatic carbocycles. The fraction of sp³-hybridized carbons (Fsp3) is 0.154. The minimum absolute atomic E-state index is 0.264. The molecule has 2 aromatic rings. The molecule has 0 fully saturated rings. The molecule has 0 saturated heterocycles. The number of ether oxygens (including phenoxy) is 1. The van der Waals surface area contributed by atoms with Crippen molar-refractivity contribution in [3.63, 3.8) is 0 Å². The molecule has 0 radical (unpaired) electrons. The maximum atomic E-state index is 13.1. The summed E-state index contributed by atoms with van der Waals surface area (Å²) in [6, 6.07) is 7.96. The summed E-state index contributed by atoms with van der Waals surface area (Å²) in [5, 5.41) is 0. The quantitative estimate of drug-likeness (QED) is 0.643. The van der Waals surface area contributed by atoms with Crippen LogP contribution < -0.4 is 16.0 Å². The first kappa shape index (κ1) is 12.3. The number of hydrogen-bond donors (Lipinski definition) is 2. The number of pyridine rings is 1. The molecule has 0 atom stereocenters. The predicted molar refractivity (Wildman–Crippen MR) is 67.5 cm³/mol. The molecule has 1 heterocycles. The van der Waals surface area contributed by atoms with Crippen molar-refractivity contribution in [3.8, 4) is 5.75 Å². The minimum Gasteiger partial charge on any atom is -0.487 e. The number of hydrogen-bond acceptors (Lipinski definition) is 4. The Labute approximate surface area is 105 Å². The van der Waals surface area contributed by atoms with Gasteiger partial charge in [0, 0.05) is 12.3 Å². The smallest absolute Gasteiger partial charge is 0.130 e.